The van der Waals surface area contributed by atoms with Gasteiger partial charge in [0.25, 0.3) is 0 Å². The zero-order valence-corrected chi connectivity index (χ0v) is 10.0. The van der Waals surface area contributed by atoms with Gasteiger partial charge in [0, 0.05) is 23.6 Å². The molecule has 0 aliphatic heterocycles. The molecule has 19 heavy (non-hydrogen) atoms. The van der Waals surface area contributed by atoms with Crippen LogP contribution in [0.2, 0.25) is 0 Å². The van der Waals surface area contributed by atoms with Gasteiger partial charge in [-0.25, -0.2) is 0 Å². The maximum Gasteiger partial charge on any atom is 0.418 e. The summed E-state index contributed by atoms with van der Waals surface area (Å²) in [7, 11) is 1.45. The Morgan fingerprint density at radius 1 is 1.21 bits per heavy atom. The molecule has 2 aromatic rings. The molecule has 0 unspecified atom stereocenters. The fraction of sp³-hybridized carbons (Fsp3) is 0.154. The molecule has 1 aromatic carbocycles. The molecule has 0 radical (unpaired) electrons. The van der Waals surface area contributed by atoms with Crippen molar-refractivity contribution < 1.29 is 17.9 Å². The van der Waals surface area contributed by atoms with Crippen LogP contribution < -0.4 is 10.5 Å². The van der Waals surface area contributed by atoms with Crippen LogP contribution in [0.4, 0.5) is 18.9 Å². The van der Waals surface area contributed by atoms with Gasteiger partial charge in [-0.1, -0.05) is 6.07 Å². The quantitative estimate of drug-likeness (QED) is 0.849. The fourth-order valence-corrected chi connectivity index (χ4v) is 1.75. The van der Waals surface area contributed by atoms with Crippen LogP contribution in [0, 0.1) is 0 Å². The van der Waals surface area contributed by atoms with E-state index in [0.717, 1.165) is 6.07 Å². The van der Waals surface area contributed by atoms with Gasteiger partial charge in [-0.05, 0) is 23.8 Å². The normalized spacial score (nSPS) is 11.4. The Balaban J connectivity index is 2.58. The first-order chi connectivity index (χ1) is 8.93. The first-order valence-corrected chi connectivity index (χ1v) is 5.38. The van der Waals surface area contributed by atoms with Crippen LogP contribution in [-0.2, 0) is 6.18 Å². The smallest absolute Gasteiger partial charge is 0.418 e. The second-order valence-corrected chi connectivity index (χ2v) is 3.88. The lowest BCUT2D eigenvalue weighted by Gasteiger charge is -2.13. The predicted octanol–water partition coefficient (Wildman–Crippen LogP) is 3.36. The van der Waals surface area contributed by atoms with Crippen molar-refractivity contribution in [3.05, 3.63) is 42.2 Å². The van der Waals surface area contributed by atoms with Crippen LogP contribution >= 0.6 is 0 Å². The van der Waals surface area contributed by atoms with Crippen molar-refractivity contribution in [1.29, 1.82) is 0 Å². The lowest BCUT2D eigenvalue weighted by molar-refractivity contribution is -0.136. The molecule has 0 bridgehead atoms. The number of anilines is 1. The van der Waals surface area contributed by atoms with E-state index in [-0.39, 0.29) is 5.69 Å². The largest absolute Gasteiger partial charge is 0.496 e. The molecule has 0 atom stereocenters. The average molecular weight is 268 g/mol. The number of pyridine rings is 1. The number of benzene rings is 1. The highest BCUT2D eigenvalue weighted by Crippen LogP contribution is 2.37. The van der Waals surface area contributed by atoms with E-state index < -0.39 is 11.7 Å². The van der Waals surface area contributed by atoms with Crippen LogP contribution in [0.1, 0.15) is 5.56 Å². The van der Waals surface area contributed by atoms with Gasteiger partial charge in [-0.15, -0.1) is 0 Å². The molecular formula is C13H11F3N2O. The zero-order chi connectivity index (χ0) is 14.0. The summed E-state index contributed by atoms with van der Waals surface area (Å²) in [6.45, 7) is 0. The average Bonchev–Trinajstić information content (AvgIpc) is 2.38. The molecule has 0 amide bonds. The van der Waals surface area contributed by atoms with E-state index in [9.17, 15) is 13.2 Å². The fourth-order valence-electron chi connectivity index (χ4n) is 1.75. The second kappa shape index (κ2) is 4.79. The van der Waals surface area contributed by atoms with Gasteiger partial charge >= 0.3 is 6.18 Å². The van der Waals surface area contributed by atoms with Crippen LogP contribution in [0.25, 0.3) is 11.1 Å². The van der Waals surface area contributed by atoms with Crippen molar-refractivity contribution >= 4 is 5.69 Å². The number of hydrogen-bond donors (Lipinski definition) is 1. The molecule has 0 saturated carbocycles. The van der Waals surface area contributed by atoms with Crippen molar-refractivity contribution in [3.8, 4) is 16.9 Å². The molecule has 0 aliphatic rings. The number of methoxy groups -OCH3 is 1. The van der Waals surface area contributed by atoms with E-state index in [4.69, 9.17) is 10.5 Å². The number of ether oxygens (including phenoxy) is 1. The van der Waals surface area contributed by atoms with Crippen molar-refractivity contribution in [3.63, 3.8) is 0 Å². The third kappa shape index (κ3) is 2.62. The molecule has 1 heterocycles. The Labute approximate surface area is 107 Å². The summed E-state index contributed by atoms with van der Waals surface area (Å²) in [5.41, 5.74) is 5.02. The van der Waals surface area contributed by atoms with Crippen LogP contribution in [0.3, 0.4) is 0 Å². The van der Waals surface area contributed by atoms with Gasteiger partial charge in [0.1, 0.15) is 5.75 Å². The van der Waals surface area contributed by atoms with E-state index in [1.54, 1.807) is 6.07 Å². The maximum absolute atomic E-state index is 12.8. The van der Waals surface area contributed by atoms with E-state index in [2.05, 4.69) is 4.98 Å². The molecule has 6 heteroatoms. The van der Waals surface area contributed by atoms with Crippen molar-refractivity contribution in [1.82, 2.24) is 4.98 Å². The standard InChI is InChI=1S/C13H11F3N2O/c1-19-12-4-5-18-7-9(12)8-2-3-11(17)10(6-8)13(14,15)16/h2-7H,17H2,1H3. The van der Waals surface area contributed by atoms with Crippen molar-refractivity contribution in [2.45, 2.75) is 6.18 Å². The molecule has 0 aliphatic carbocycles. The Morgan fingerprint density at radius 3 is 2.58 bits per heavy atom. The van der Waals surface area contributed by atoms with E-state index in [1.807, 2.05) is 0 Å². The van der Waals surface area contributed by atoms with Gasteiger partial charge in [0.15, 0.2) is 0 Å². The Morgan fingerprint density at radius 2 is 1.95 bits per heavy atom. The Kier molecular flexibility index (Phi) is 3.33. The van der Waals surface area contributed by atoms with Gasteiger partial charge in [0.2, 0.25) is 0 Å². The van der Waals surface area contributed by atoms with Crippen molar-refractivity contribution in [2.75, 3.05) is 12.8 Å². The number of alkyl halides is 3. The maximum atomic E-state index is 12.8. The summed E-state index contributed by atoms with van der Waals surface area (Å²) in [5.74, 6) is 0.452. The van der Waals surface area contributed by atoms with Crippen molar-refractivity contribution in [2.24, 2.45) is 0 Å². The summed E-state index contributed by atoms with van der Waals surface area (Å²) in [5, 5.41) is 0. The monoisotopic (exact) mass is 268 g/mol. The Bertz CT molecular complexity index is 597. The number of halogens is 3. The number of nitrogen functional groups attached to an aromatic ring is 1. The first kappa shape index (κ1) is 13.2. The van der Waals surface area contributed by atoms with Gasteiger partial charge in [-0.3, -0.25) is 4.98 Å². The molecule has 0 spiro atoms. The topological polar surface area (TPSA) is 48.1 Å². The molecule has 0 fully saturated rings. The SMILES string of the molecule is COc1ccncc1-c1ccc(N)c(C(F)(F)F)c1. The van der Waals surface area contributed by atoms with Crippen LogP contribution in [0.15, 0.2) is 36.7 Å². The van der Waals surface area contributed by atoms with Gasteiger partial charge in [-0.2, -0.15) is 13.2 Å². The van der Waals surface area contributed by atoms with E-state index in [0.29, 0.717) is 16.9 Å². The molecule has 2 N–H and O–H groups in total. The highest BCUT2D eigenvalue weighted by Gasteiger charge is 2.33. The summed E-state index contributed by atoms with van der Waals surface area (Å²) >= 11 is 0. The highest BCUT2D eigenvalue weighted by atomic mass is 19.4. The molecule has 0 saturated heterocycles. The minimum Gasteiger partial charge on any atom is -0.496 e. The van der Waals surface area contributed by atoms with Crippen LogP contribution in [0.5, 0.6) is 5.75 Å². The number of rotatable bonds is 2. The number of aromatic nitrogens is 1. The highest BCUT2D eigenvalue weighted by molar-refractivity contribution is 5.72. The molecule has 3 nitrogen and oxygen atoms in total. The summed E-state index contributed by atoms with van der Waals surface area (Å²) in [4.78, 5) is 3.89. The summed E-state index contributed by atoms with van der Waals surface area (Å²) in [6, 6.07) is 5.31. The first-order valence-electron chi connectivity index (χ1n) is 5.38. The lowest BCUT2D eigenvalue weighted by atomic mass is 10.0. The summed E-state index contributed by atoms with van der Waals surface area (Å²) < 4.78 is 43.5. The zero-order valence-electron chi connectivity index (χ0n) is 10.0. The van der Waals surface area contributed by atoms with Gasteiger partial charge in [0.05, 0.1) is 12.7 Å². The number of nitrogens with zero attached hydrogens (tertiary/aromatic N) is 1. The summed E-state index contributed by atoms with van der Waals surface area (Å²) in [6.07, 6.45) is -1.54. The second-order valence-electron chi connectivity index (χ2n) is 3.88. The number of hydrogen-bond acceptors (Lipinski definition) is 3. The van der Waals surface area contributed by atoms with E-state index in [1.165, 1.54) is 31.6 Å². The minimum absolute atomic E-state index is 0.306. The predicted molar refractivity (Wildman–Crippen MR) is 65.6 cm³/mol. The third-order valence-corrected chi connectivity index (χ3v) is 2.67. The minimum atomic E-state index is -4.49. The van der Waals surface area contributed by atoms with Gasteiger partial charge < -0.3 is 10.5 Å². The molecule has 1 aromatic heterocycles. The lowest BCUT2D eigenvalue weighted by Crippen LogP contribution is -2.09. The third-order valence-electron chi connectivity index (χ3n) is 2.67. The van der Waals surface area contributed by atoms with Crippen LogP contribution in [-0.4, -0.2) is 12.1 Å². The van der Waals surface area contributed by atoms with E-state index >= 15 is 0 Å². The molecule has 2 rings (SSSR count). The number of nitrogens with two attached hydrogens (primary N) is 1. The molecular weight excluding hydrogens is 257 g/mol. The molecule has 100 valence electrons. The Hall–Kier alpha value is -2.24.